The number of rotatable bonds is 9. The molecule has 0 radical (unpaired) electrons. The molecule has 0 rings (SSSR count). The molecule has 19 heavy (non-hydrogen) atoms. The highest BCUT2D eigenvalue weighted by Gasteiger charge is 2.21. The summed E-state index contributed by atoms with van der Waals surface area (Å²) in [6, 6.07) is 0. The van der Waals surface area contributed by atoms with Gasteiger partial charge in [0, 0.05) is 18.6 Å². The van der Waals surface area contributed by atoms with E-state index in [-0.39, 0.29) is 12.5 Å². The Balaban J connectivity index is 3.86. The minimum atomic E-state index is -3.25. The average molecular weight is 293 g/mol. The van der Waals surface area contributed by atoms with Crippen molar-refractivity contribution in [2.75, 3.05) is 25.9 Å². The fourth-order valence-corrected chi connectivity index (χ4v) is 2.67. The van der Waals surface area contributed by atoms with Crippen LogP contribution in [0.25, 0.3) is 0 Å². The Labute approximate surface area is 116 Å². The van der Waals surface area contributed by atoms with Crippen molar-refractivity contribution in [3.05, 3.63) is 0 Å². The van der Waals surface area contributed by atoms with Gasteiger partial charge in [-0.25, -0.2) is 13.1 Å². The van der Waals surface area contributed by atoms with Crippen LogP contribution in [-0.4, -0.2) is 45.8 Å². The second-order valence-corrected chi connectivity index (χ2v) is 7.64. The van der Waals surface area contributed by atoms with E-state index >= 15 is 0 Å². The molecule has 0 atom stereocenters. The van der Waals surface area contributed by atoms with E-state index in [1.807, 2.05) is 0 Å². The number of amides is 1. The summed E-state index contributed by atoms with van der Waals surface area (Å²) in [5.41, 5.74) is -0.619. The molecule has 0 aliphatic carbocycles. The molecule has 0 aromatic rings. The smallest absolute Gasteiger partial charge is 0.233 e. The summed E-state index contributed by atoms with van der Waals surface area (Å²) in [5, 5.41) is 5.76. The maximum atomic E-state index is 11.5. The molecule has 0 aromatic heterocycles. The molecule has 114 valence electrons. The van der Waals surface area contributed by atoms with Gasteiger partial charge < -0.3 is 10.6 Å². The second-order valence-electron chi connectivity index (χ2n) is 5.89. The van der Waals surface area contributed by atoms with Gasteiger partial charge in [-0.15, -0.1) is 0 Å². The maximum Gasteiger partial charge on any atom is 0.233 e. The van der Waals surface area contributed by atoms with Crippen LogP contribution in [0.5, 0.6) is 0 Å². The summed E-state index contributed by atoms with van der Waals surface area (Å²) in [4.78, 5) is 11.5. The first kappa shape index (κ1) is 18.3. The maximum absolute atomic E-state index is 11.5. The SMILES string of the molecule is CC(C)CCNC(=O)CNCC(C)(C)NS(C)(=O)=O. The lowest BCUT2D eigenvalue weighted by atomic mass is 10.1. The summed E-state index contributed by atoms with van der Waals surface area (Å²) >= 11 is 0. The summed E-state index contributed by atoms with van der Waals surface area (Å²) in [6.45, 7) is 8.97. The zero-order valence-corrected chi connectivity index (χ0v) is 13.4. The molecule has 1 amide bonds. The summed E-state index contributed by atoms with van der Waals surface area (Å²) < 4.78 is 24.8. The Bertz CT molecular complexity index is 378. The van der Waals surface area contributed by atoms with Crippen LogP contribution in [0.3, 0.4) is 0 Å². The van der Waals surface area contributed by atoms with Crippen LogP contribution in [0.4, 0.5) is 0 Å². The van der Waals surface area contributed by atoms with Crippen LogP contribution in [0.1, 0.15) is 34.1 Å². The van der Waals surface area contributed by atoms with Crippen LogP contribution in [0.2, 0.25) is 0 Å². The molecule has 0 unspecified atom stereocenters. The standard InChI is InChI=1S/C12H27N3O3S/c1-10(2)6-7-14-11(16)8-13-9-12(3,4)15-19(5,17)18/h10,13,15H,6-9H2,1-5H3,(H,14,16). The Morgan fingerprint density at radius 3 is 2.32 bits per heavy atom. The van der Waals surface area contributed by atoms with E-state index in [2.05, 4.69) is 29.2 Å². The highest BCUT2D eigenvalue weighted by molar-refractivity contribution is 7.88. The van der Waals surface area contributed by atoms with Crippen LogP contribution in [0.15, 0.2) is 0 Å². The van der Waals surface area contributed by atoms with Gasteiger partial charge in [0.25, 0.3) is 0 Å². The average Bonchev–Trinajstić information content (AvgIpc) is 2.12. The molecule has 0 saturated heterocycles. The first-order valence-corrected chi connectivity index (χ1v) is 8.37. The number of nitrogens with one attached hydrogen (secondary N) is 3. The van der Waals surface area contributed by atoms with E-state index < -0.39 is 15.6 Å². The number of hydrogen-bond donors (Lipinski definition) is 3. The number of carbonyl (C=O) groups is 1. The first-order valence-electron chi connectivity index (χ1n) is 6.48. The lowest BCUT2D eigenvalue weighted by Gasteiger charge is -2.25. The molecule has 0 bridgehead atoms. The Kier molecular flexibility index (Phi) is 7.54. The third kappa shape index (κ3) is 12.1. The molecule has 0 aromatic carbocycles. The Morgan fingerprint density at radius 2 is 1.84 bits per heavy atom. The van der Waals surface area contributed by atoms with Gasteiger partial charge in [-0.2, -0.15) is 0 Å². The topological polar surface area (TPSA) is 87.3 Å². The zero-order chi connectivity index (χ0) is 15.1. The first-order chi connectivity index (χ1) is 8.52. The van der Waals surface area contributed by atoms with E-state index in [0.717, 1.165) is 12.7 Å². The van der Waals surface area contributed by atoms with Crippen molar-refractivity contribution in [2.24, 2.45) is 5.92 Å². The van der Waals surface area contributed by atoms with Gasteiger partial charge in [0.05, 0.1) is 12.8 Å². The predicted octanol–water partition coefficient (Wildman–Crippen LogP) is 0.0661. The van der Waals surface area contributed by atoms with Gasteiger partial charge in [-0.1, -0.05) is 13.8 Å². The van der Waals surface area contributed by atoms with Crippen LogP contribution in [0, 0.1) is 5.92 Å². The van der Waals surface area contributed by atoms with Gasteiger partial charge in [0.2, 0.25) is 15.9 Å². The van der Waals surface area contributed by atoms with Gasteiger partial charge in [-0.05, 0) is 26.2 Å². The van der Waals surface area contributed by atoms with E-state index in [1.54, 1.807) is 13.8 Å². The third-order valence-corrected chi connectivity index (χ3v) is 3.28. The number of sulfonamides is 1. The van der Waals surface area contributed by atoms with E-state index in [9.17, 15) is 13.2 Å². The second kappa shape index (κ2) is 7.81. The molecule has 0 saturated carbocycles. The predicted molar refractivity (Wildman–Crippen MR) is 77.4 cm³/mol. The molecule has 3 N–H and O–H groups in total. The highest BCUT2D eigenvalue weighted by Crippen LogP contribution is 2.01. The molecule has 7 heteroatoms. The highest BCUT2D eigenvalue weighted by atomic mass is 32.2. The van der Waals surface area contributed by atoms with Crippen molar-refractivity contribution < 1.29 is 13.2 Å². The lowest BCUT2D eigenvalue weighted by molar-refractivity contribution is -0.120. The van der Waals surface area contributed by atoms with Crippen molar-refractivity contribution in [2.45, 2.75) is 39.7 Å². The summed E-state index contributed by atoms with van der Waals surface area (Å²) in [7, 11) is -3.25. The van der Waals surface area contributed by atoms with Gasteiger partial charge in [0.15, 0.2) is 0 Å². The van der Waals surface area contributed by atoms with Crippen molar-refractivity contribution in [3.8, 4) is 0 Å². The minimum absolute atomic E-state index is 0.0733. The molecular weight excluding hydrogens is 266 g/mol. The fraction of sp³-hybridized carbons (Fsp3) is 0.917. The quantitative estimate of drug-likeness (QED) is 0.561. The minimum Gasteiger partial charge on any atom is -0.355 e. The Hall–Kier alpha value is -0.660. The molecule has 0 spiro atoms. The van der Waals surface area contributed by atoms with Gasteiger partial charge in [0.1, 0.15) is 0 Å². The van der Waals surface area contributed by atoms with E-state index in [1.165, 1.54) is 0 Å². The van der Waals surface area contributed by atoms with Gasteiger partial charge >= 0.3 is 0 Å². The molecule has 6 nitrogen and oxygen atoms in total. The number of hydrogen-bond acceptors (Lipinski definition) is 4. The van der Waals surface area contributed by atoms with Crippen LogP contribution < -0.4 is 15.4 Å². The molecular formula is C12H27N3O3S. The summed E-state index contributed by atoms with van der Waals surface area (Å²) in [5.74, 6) is 0.488. The fourth-order valence-electron chi connectivity index (χ4n) is 1.59. The van der Waals surface area contributed by atoms with E-state index in [4.69, 9.17) is 0 Å². The van der Waals surface area contributed by atoms with E-state index in [0.29, 0.717) is 19.0 Å². The van der Waals surface area contributed by atoms with Crippen molar-refractivity contribution in [3.63, 3.8) is 0 Å². The van der Waals surface area contributed by atoms with Crippen molar-refractivity contribution in [1.82, 2.24) is 15.4 Å². The monoisotopic (exact) mass is 293 g/mol. The lowest BCUT2D eigenvalue weighted by Crippen LogP contribution is -2.51. The zero-order valence-electron chi connectivity index (χ0n) is 12.5. The number of carbonyl (C=O) groups excluding carboxylic acids is 1. The van der Waals surface area contributed by atoms with Crippen molar-refractivity contribution >= 4 is 15.9 Å². The van der Waals surface area contributed by atoms with Gasteiger partial charge in [-0.3, -0.25) is 4.79 Å². The third-order valence-electron chi connectivity index (χ3n) is 2.36. The Morgan fingerprint density at radius 1 is 1.26 bits per heavy atom. The summed E-state index contributed by atoms with van der Waals surface area (Å²) in [6.07, 6.45) is 2.07. The molecule has 0 fully saturated rings. The molecule has 0 heterocycles. The molecule has 0 aliphatic heterocycles. The van der Waals surface area contributed by atoms with Crippen LogP contribution in [-0.2, 0) is 14.8 Å². The van der Waals surface area contributed by atoms with Crippen LogP contribution >= 0.6 is 0 Å². The molecule has 0 aliphatic rings. The normalized spacial score (nSPS) is 12.7. The largest absolute Gasteiger partial charge is 0.355 e. The van der Waals surface area contributed by atoms with Crippen molar-refractivity contribution in [1.29, 1.82) is 0 Å².